The van der Waals surface area contributed by atoms with Gasteiger partial charge in [-0.2, -0.15) is 0 Å². The highest BCUT2D eigenvalue weighted by molar-refractivity contribution is 6.32. The molecule has 1 aromatic heterocycles. The number of morpholine rings is 1. The Hall–Kier alpha value is -1.86. The normalized spacial score (nSPS) is 18.1. The highest BCUT2D eigenvalue weighted by Gasteiger charge is 2.27. The van der Waals surface area contributed by atoms with Crippen LogP contribution in [0.25, 0.3) is 0 Å². The third kappa shape index (κ3) is 4.08. The fraction of sp³-hybridized carbons (Fsp3) is 0.500. The number of halogens is 1. The molecule has 2 heterocycles. The predicted molar refractivity (Wildman–Crippen MR) is 78.3 cm³/mol. The molecule has 7 nitrogen and oxygen atoms in total. The number of carboxylic acid groups (broad SMARTS) is 1. The molecule has 0 radical (unpaired) electrons. The number of pyridine rings is 1. The summed E-state index contributed by atoms with van der Waals surface area (Å²) in [5, 5.41) is 9.07. The third-order valence-corrected chi connectivity index (χ3v) is 3.43. The maximum Gasteiger partial charge on any atom is 0.306 e. The molecule has 1 fully saturated rings. The smallest absolute Gasteiger partial charge is 0.306 e. The maximum absolute atomic E-state index is 12.4. The van der Waals surface area contributed by atoms with Crippen LogP contribution in [-0.4, -0.2) is 59.3 Å². The first-order valence-electron chi connectivity index (χ1n) is 6.92. The topological polar surface area (TPSA) is 89.0 Å². The van der Waals surface area contributed by atoms with E-state index in [1.54, 1.807) is 4.90 Å². The summed E-state index contributed by atoms with van der Waals surface area (Å²) in [5.41, 5.74) is 0.337. The van der Waals surface area contributed by atoms with Gasteiger partial charge in [0.15, 0.2) is 0 Å². The molecule has 1 saturated heterocycles. The van der Waals surface area contributed by atoms with Gasteiger partial charge in [0.2, 0.25) is 5.88 Å². The van der Waals surface area contributed by atoms with Crippen molar-refractivity contribution in [3.63, 3.8) is 0 Å². The molecule has 2 rings (SSSR count). The monoisotopic (exact) mass is 328 g/mol. The number of hydrogen-bond donors (Lipinski definition) is 1. The van der Waals surface area contributed by atoms with Gasteiger partial charge in [0.1, 0.15) is 5.02 Å². The largest absolute Gasteiger partial charge is 0.481 e. The summed E-state index contributed by atoms with van der Waals surface area (Å²) < 4.78 is 10.6. The first kappa shape index (κ1) is 16.5. The average molecular weight is 329 g/mol. The highest BCUT2D eigenvalue weighted by atomic mass is 35.5. The van der Waals surface area contributed by atoms with Crippen molar-refractivity contribution in [1.82, 2.24) is 9.88 Å². The van der Waals surface area contributed by atoms with Gasteiger partial charge in [0.05, 0.1) is 31.3 Å². The van der Waals surface area contributed by atoms with Crippen molar-refractivity contribution in [2.75, 3.05) is 26.3 Å². The van der Waals surface area contributed by atoms with Crippen LogP contribution in [0, 0.1) is 0 Å². The molecular weight excluding hydrogens is 312 g/mol. The Bertz CT molecular complexity index is 566. The van der Waals surface area contributed by atoms with Crippen LogP contribution in [0.2, 0.25) is 5.02 Å². The van der Waals surface area contributed by atoms with Crippen LogP contribution in [0.15, 0.2) is 12.3 Å². The van der Waals surface area contributed by atoms with E-state index in [2.05, 4.69) is 4.98 Å². The molecule has 0 bridgehead atoms. The van der Waals surface area contributed by atoms with Crippen LogP contribution >= 0.6 is 11.6 Å². The molecule has 0 aromatic carbocycles. The molecule has 1 aliphatic rings. The summed E-state index contributed by atoms with van der Waals surface area (Å²) >= 11 is 6.03. The summed E-state index contributed by atoms with van der Waals surface area (Å²) in [7, 11) is 0. The van der Waals surface area contributed by atoms with E-state index in [1.807, 2.05) is 6.92 Å². The number of amides is 1. The molecule has 1 unspecified atom stereocenters. The molecule has 0 aliphatic carbocycles. The van der Waals surface area contributed by atoms with Gasteiger partial charge in [-0.1, -0.05) is 11.6 Å². The molecule has 1 aromatic rings. The number of carboxylic acids is 1. The number of aromatic nitrogens is 1. The second kappa shape index (κ2) is 7.42. The highest BCUT2D eigenvalue weighted by Crippen LogP contribution is 2.23. The number of aliphatic carboxylic acids is 1. The summed E-state index contributed by atoms with van der Waals surface area (Å²) in [6.07, 6.45) is 0.772. The van der Waals surface area contributed by atoms with Crippen molar-refractivity contribution >= 4 is 23.5 Å². The number of nitrogens with zero attached hydrogens (tertiary/aromatic N) is 2. The summed E-state index contributed by atoms with van der Waals surface area (Å²) in [4.78, 5) is 28.7. The van der Waals surface area contributed by atoms with Gasteiger partial charge in [-0.05, 0) is 13.0 Å². The van der Waals surface area contributed by atoms with Crippen molar-refractivity contribution < 1.29 is 24.2 Å². The van der Waals surface area contributed by atoms with Crippen molar-refractivity contribution in [3.05, 3.63) is 22.8 Å². The van der Waals surface area contributed by atoms with E-state index in [0.29, 0.717) is 25.3 Å². The lowest BCUT2D eigenvalue weighted by Crippen LogP contribution is -2.46. The van der Waals surface area contributed by atoms with E-state index in [1.165, 1.54) is 12.3 Å². The first-order chi connectivity index (χ1) is 10.5. The van der Waals surface area contributed by atoms with Gasteiger partial charge in [-0.15, -0.1) is 0 Å². The van der Waals surface area contributed by atoms with E-state index in [9.17, 15) is 9.59 Å². The summed E-state index contributed by atoms with van der Waals surface area (Å²) in [6, 6.07) is 1.50. The van der Waals surface area contributed by atoms with Gasteiger partial charge in [0.25, 0.3) is 5.91 Å². The zero-order valence-corrected chi connectivity index (χ0v) is 12.9. The van der Waals surface area contributed by atoms with Crippen LogP contribution in [0.1, 0.15) is 23.7 Å². The molecule has 1 amide bonds. The molecule has 1 N–H and O–H groups in total. The number of ether oxygens (including phenoxy) is 2. The zero-order chi connectivity index (χ0) is 16.1. The second-order valence-electron chi connectivity index (χ2n) is 4.79. The lowest BCUT2D eigenvalue weighted by molar-refractivity contribution is -0.141. The minimum absolute atomic E-state index is 0.133. The zero-order valence-electron chi connectivity index (χ0n) is 12.1. The van der Waals surface area contributed by atoms with Crippen molar-refractivity contribution in [2.45, 2.75) is 19.4 Å². The van der Waals surface area contributed by atoms with E-state index in [0.717, 1.165) is 0 Å². The number of rotatable bonds is 5. The lowest BCUT2D eigenvalue weighted by atomic mass is 10.1. The standard InChI is InChI=1S/C14H17ClN2O5/c1-2-21-13-11(15)5-9(7-16-13)14(20)17-3-4-22-10(8-17)6-12(18)19/h5,7,10H,2-4,6,8H2,1H3,(H,18,19). The average Bonchev–Trinajstić information content (AvgIpc) is 2.48. The Morgan fingerprint density at radius 3 is 3.00 bits per heavy atom. The van der Waals surface area contributed by atoms with E-state index >= 15 is 0 Å². The summed E-state index contributed by atoms with van der Waals surface area (Å²) in [5.74, 6) is -0.923. The predicted octanol–water partition coefficient (Wildman–Crippen LogP) is 1.45. The fourth-order valence-electron chi connectivity index (χ4n) is 2.19. The fourth-order valence-corrected chi connectivity index (χ4v) is 2.41. The molecule has 0 saturated carbocycles. The van der Waals surface area contributed by atoms with Crippen LogP contribution in [-0.2, 0) is 9.53 Å². The second-order valence-corrected chi connectivity index (χ2v) is 5.19. The van der Waals surface area contributed by atoms with Crippen LogP contribution in [0.4, 0.5) is 0 Å². The van der Waals surface area contributed by atoms with E-state index in [-0.39, 0.29) is 29.8 Å². The number of hydrogen-bond acceptors (Lipinski definition) is 5. The Morgan fingerprint density at radius 1 is 1.59 bits per heavy atom. The molecule has 8 heteroatoms. The lowest BCUT2D eigenvalue weighted by Gasteiger charge is -2.32. The van der Waals surface area contributed by atoms with Gasteiger partial charge in [0, 0.05) is 19.3 Å². The van der Waals surface area contributed by atoms with Crippen molar-refractivity contribution in [2.24, 2.45) is 0 Å². The maximum atomic E-state index is 12.4. The first-order valence-corrected chi connectivity index (χ1v) is 7.30. The minimum atomic E-state index is -0.954. The van der Waals surface area contributed by atoms with Gasteiger partial charge < -0.3 is 19.5 Å². The molecule has 1 aliphatic heterocycles. The van der Waals surface area contributed by atoms with Crippen LogP contribution < -0.4 is 4.74 Å². The summed E-state index contributed by atoms with van der Waals surface area (Å²) in [6.45, 7) is 3.19. The van der Waals surface area contributed by atoms with Crippen LogP contribution in [0.3, 0.4) is 0 Å². The Balaban J connectivity index is 2.07. The van der Waals surface area contributed by atoms with Gasteiger partial charge >= 0.3 is 5.97 Å². The van der Waals surface area contributed by atoms with Crippen LogP contribution in [0.5, 0.6) is 5.88 Å². The SMILES string of the molecule is CCOc1ncc(C(=O)N2CCOC(CC(=O)O)C2)cc1Cl. The van der Waals surface area contributed by atoms with Crippen molar-refractivity contribution in [1.29, 1.82) is 0 Å². The molecular formula is C14H17ClN2O5. The van der Waals surface area contributed by atoms with Gasteiger partial charge in [-0.3, -0.25) is 9.59 Å². The van der Waals surface area contributed by atoms with Crippen molar-refractivity contribution in [3.8, 4) is 5.88 Å². The number of carbonyl (C=O) groups excluding carboxylic acids is 1. The molecule has 22 heavy (non-hydrogen) atoms. The molecule has 120 valence electrons. The molecule has 1 atom stereocenters. The Kier molecular flexibility index (Phi) is 5.57. The minimum Gasteiger partial charge on any atom is -0.481 e. The Morgan fingerprint density at radius 2 is 2.36 bits per heavy atom. The quantitative estimate of drug-likeness (QED) is 0.880. The van der Waals surface area contributed by atoms with Gasteiger partial charge in [-0.25, -0.2) is 4.98 Å². The number of carbonyl (C=O) groups is 2. The molecule has 0 spiro atoms. The van der Waals surface area contributed by atoms with E-state index in [4.69, 9.17) is 26.2 Å². The Labute approximate surface area is 132 Å². The third-order valence-electron chi connectivity index (χ3n) is 3.16. The van der Waals surface area contributed by atoms with E-state index < -0.39 is 12.1 Å².